The van der Waals surface area contributed by atoms with Gasteiger partial charge in [0.2, 0.25) is 0 Å². The minimum atomic E-state index is -0.159. The molecule has 3 heteroatoms. The molecule has 1 aliphatic heterocycles. The molecule has 0 radical (unpaired) electrons. The Labute approximate surface area is 91.1 Å². The topological polar surface area (TPSA) is 37.4 Å². The van der Waals surface area contributed by atoms with E-state index in [-0.39, 0.29) is 17.9 Å². The maximum Gasteiger partial charge on any atom is 0.256 e. The summed E-state index contributed by atoms with van der Waals surface area (Å²) in [5.74, 6) is 0.255. The Kier molecular flexibility index (Phi) is 3.66. The molecule has 0 spiro atoms. The monoisotopic (exact) mass is 209 g/mol. The van der Waals surface area contributed by atoms with Gasteiger partial charge in [0.05, 0.1) is 0 Å². The predicted molar refractivity (Wildman–Crippen MR) is 59.1 cm³/mol. The Morgan fingerprint density at radius 2 is 1.93 bits per heavy atom. The molecule has 0 aliphatic carbocycles. The maximum absolute atomic E-state index is 11.7. The van der Waals surface area contributed by atoms with Crippen molar-refractivity contribution in [1.29, 1.82) is 0 Å². The molecule has 1 heterocycles. The summed E-state index contributed by atoms with van der Waals surface area (Å²) in [5.41, 5.74) is 0.552. The molecule has 0 aromatic rings. The van der Waals surface area contributed by atoms with Gasteiger partial charge in [-0.3, -0.25) is 14.5 Å². The van der Waals surface area contributed by atoms with Crippen molar-refractivity contribution >= 4 is 11.8 Å². The summed E-state index contributed by atoms with van der Waals surface area (Å²) in [5, 5.41) is 0. The molecular formula is C12H19NO2. The minimum absolute atomic E-state index is 0.00801. The molecule has 0 N–H and O–H groups in total. The van der Waals surface area contributed by atoms with E-state index in [4.69, 9.17) is 0 Å². The van der Waals surface area contributed by atoms with Crippen molar-refractivity contribution in [2.45, 2.75) is 46.6 Å². The van der Waals surface area contributed by atoms with E-state index < -0.39 is 0 Å². The molecule has 1 rings (SSSR count). The van der Waals surface area contributed by atoms with Crippen LogP contribution in [0.5, 0.6) is 0 Å². The molecule has 0 saturated carbocycles. The first-order valence-corrected chi connectivity index (χ1v) is 5.53. The normalized spacial score (nSPS) is 20.5. The van der Waals surface area contributed by atoms with Crippen molar-refractivity contribution in [2.75, 3.05) is 0 Å². The van der Waals surface area contributed by atoms with Crippen LogP contribution in [0, 0.1) is 5.92 Å². The number of nitrogens with zero attached hydrogens (tertiary/aromatic N) is 1. The van der Waals surface area contributed by atoms with Crippen molar-refractivity contribution in [1.82, 2.24) is 4.90 Å². The number of carbonyl (C=O) groups is 2. The third-order valence-electron chi connectivity index (χ3n) is 3.01. The second-order valence-electron chi connectivity index (χ2n) is 4.44. The SMILES string of the molecule is CCC(C)CC(C)N1C(=O)C=C(C)C1=O. The number of amides is 2. The Bertz CT molecular complexity index is 307. The van der Waals surface area contributed by atoms with Crippen LogP contribution in [0.15, 0.2) is 11.6 Å². The summed E-state index contributed by atoms with van der Waals surface area (Å²) >= 11 is 0. The van der Waals surface area contributed by atoms with Gasteiger partial charge < -0.3 is 0 Å². The predicted octanol–water partition coefficient (Wildman–Crippen LogP) is 2.13. The molecule has 0 aromatic carbocycles. The van der Waals surface area contributed by atoms with Crippen LogP contribution in [-0.2, 0) is 9.59 Å². The van der Waals surface area contributed by atoms with Gasteiger partial charge in [0, 0.05) is 17.7 Å². The fourth-order valence-corrected chi connectivity index (χ4v) is 1.88. The number of hydrogen-bond acceptors (Lipinski definition) is 2. The van der Waals surface area contributed by atoms with Gasteiger partial charge >= 0.3 is 0 Å². The lowest BCUT2D eigenvalue weighted by Crippen LogP contribution is -2.39. The Hall–Kier alpha value is -1.12. The number of imide groups is 1. The molecule has 0 bridgehead atoms. The van der Waals surface area contributed by atoms with E-state index in [1.165, 1.54) is 11.0 Å². The molecule has 1 aliphatic rings. The second kappa shape index (κ2) is 4.60. The summed E-state index contributed by atoms with van der Waals surface area (Å²) in [6.45, 7) is 7.89. The van der Waals surface area contributed by atoms with Gasteiger partial charge in [0.25, 0.3) is 11.8 Å². The van der Waals surface area contributed by atoms with E-state index in [0.29, 0.717) is 11.5 Å². The molecular weight excluding hydrogens is 190 g/mol. The average Bonchev–Trinajstić information content (AvgIpc) is 2.41. The molecule has 0 fully saturated rings. The van der Waals surface area contributed by atoms with Gasteiger partial charge in [0.1, 0.15) is 0 Å². The quantitative estimate of drug-likeness (QED) is 0.665. The molecule has 2 amide bonds. The van der Waals surface area contributed by atoms with Gasteiger partial charge in [0.15, 0.2) is 0 Å². The highest BCUT2D eigenvalue weighted by atomic mass is 16.2. The number of rotatable bonds is 4. The number of carbonyl (C=O) groups excluding carboxylic acids is 2. The van der Waals surface area contributed by atoms with E-state index in [1.807, 2.05) is 6.92 Å². The van der Waals surface area contributed by atoms with Gasteiger partial charge in [-0.2, -0.15) is 0 Å². The summed E-state index contributed by atoms with van der Waals surface area (Å²) in [7, 11) is 0. The fourth-order valence-electron chi connectivity index (χ4n) is 1.88. The van der Waals surface area contributed by atoms with E-state index >= 15 is 0 Å². The standard InChI is InChI=1S/C12H19NO2/c1-5-8(2)6-10(4)13-11(14)7-9(3)12(13)15/h7-8,10H,5-6H2,1-4H3. The maximum atomic E-state index is 11.7. The lowest BCUT2D eigenvalue weighted by Gasteiger charge is -2.25. The molecule has 0 aromatic heterocycles. The molecule has 0 saturated heterocycles. The van der Waals surface area contributed by atoms with Crippen LogP contribution in [0.2, 0.25) is 0 Å². The molecule has 3 nitrogen and oxygen atoms in total. The summed E-state index contributed by atoms with van der Waals surface area (Å²) < 4.78 is 0. The van der Waals surface area contributed by atoms with Crippen LogP contribution in [0.25, 0.3) is 0 Å². The highest BCUT2D eigenvalue weighted by Crippen LogP contribution is 2.20. The third kappa shape index (κ3) is 2.46. The average molecular weight is 209 g/mol. The van der Waals surface area contributed by atoms with Crippen molar-refractivity contribution in [2.24, 2.45) is 5.92 Å². The van der Waals surface area contributed by atoms with Crippen LogP contribution in [0.3, 0.4) is 0 Å². The lowest BCUT2D eigenvalue weighted by atomic mass is 9.99. The first kappa shape index (κ1) is 12.0. The molecule has 2 atom stereocenters. The van der Waals surface area contributed by atoms with Gasteiger partial charge in [-0.1, -0.05) is 20.3 Å². The van der Waals surface area contributed by atoms with Crippen LogP contribution in [0.4, 0.5) is 0 Å². The Morgan fingerprint density at radius 3 is 2.33 bits per heavy atom. The van der Waals surface area contributed by atoms with E-state index in [9.17, 15) is 9.59 Å². The summed E-state index contributed by atoms with van der Waals surface area (Å²) in [6.07, 6.45) is 3.39. The van der Waals surface area contributed by atoms with Crippen LogP contribution in [0.1, 0.15) is 40.5 Å². The molecule has 84 valence electrons. The summed E-state index contributed by atoms with van der Waals surface area (Å²) in [6, 6.07) is 0.00801. The molecule has 15 heavy (non-hydrogen) atoms. The Morgan fingerprint density at radius 1 is 1.33 bits per heavy atom. The summed E-state index contributed by atoms with van der Waals surface area (Å²) in [4.78, 5) is 24.6. The Balaban J connectivity index is 2.66. The lowest BCUT2D eigenvalue weighted by molar-refractivity contribution is -0.139. The zero-order valence-corrected chi connectivity index (χ0v) is 9.91. The molecule has 2 unspecified atom stereocenters. The van der Waals surface area contributed by atoms with E-state index in [1.54, 1.807) is 6.92 Å². The first-order valence-electron chi connectivity index (χ1n) is 5.53. The zero-order chi connectivity index (χ0) is 11.6. The second-order valence-corrected chi connectivity index (χ2v) is 4.44. The largest absolute Gasteiger partial charge is 0.272 e. The smallest absolute Gasteiger partial charge is 0.256 e. The van der Waals surface area contributed by atoms with Gasteiger partial charge in [-0.05, 0) is 26.2 Å². The van der Waals surface area contributed by atoms with Crippen molar-refractivity contribution < 1.29 is 9.59 Å². The first-order chi connectivity index (χ1) is 6.97. The van der Waals surface area contributed by atoms with Gasteiger partial charge in [-0.25, -0.2) is 0 Å². The van der Waals surface area contributed by atoms with E-state index in [2.05, 4.69) is 13.8 Å². The highest BCUT2D eigenvalue weighted by Gasteiger charge is 2.32. The third-order valence-corrected chi connectivity index (χ3v) is 3.01. The van der Waals surface area contributed by atoms with Crippen molar-refractivity contribution in [3.8, 4) is 0 Å². The van der Waals surface area contributed by atoms with Crippen LogP contribution >= 0.6 is 0 Å². The van der Waals surface area contributed by atoms with Crippen LogP contribution < -0.4 is 0 Å². The van der Waals surface area contributed by atoms with Gasteiger partial charge in [-0.15, -0.1) is 0 Å². The van der Waals surface area contributed by atoms with Crippen LogP contribution in [-0.4, -0.2) is 22.8 Å². The van der Waals surface area contributed by atoms with Crippen molar-refractivity contribution in [3.05, 3.63) is 11.6 Å². The van der Waals surface area contributed by atoms with E-state index in [0.717, 1.165) is 12.8 Å². The fraction of sp³-hybridized carbons (Fsp3) is 0.667. The number of hydrogen-bond donors (Lipinski definition) is 0. The zero-order valence-electron chi connectivity index (χ0n) is 9.91. The highest BCUT2D eigenvalue weighted by molar-refractivity contribution is 6.16. The minimum Gasteiger partial charge on any atom is -0.272 e. The van der Waals surface area contributed by atoms with Crippen molar-refractivity contribution in [3.63, 3.8) is 0 Å².